The van der Waals surface area contributed by atoms with E-state index >= 15 is 0 Å². The smallest absolute Gasteiger partial charge is 0.230 e. The zero-order valence-corrected chi connectivity index (χ0v) is 11.2. The third-order valence-electron chi connectivity index (χ3n) is 2.78. The average Bonchev–Trinajstić information content (AvgIpc) is 2.25. The van der Waals surface area contributed by atoms with Crippen LogP contribution in [0.15, 0.2) is 0 Å². The van der Waals surface area contributed by atoms with Crippen LogP contribution in [-0.4, -0.2) is 36.5 Å². The van der Waals surface area contributed by atoms with Crippen molar-refractivity contribution < 1.29 is 4.79 Å². The van der Waals surface area contributed by atoms with Gasteiger partial charge in [0.05, 0.1) is 5.75 Å². The molecule has 1 heterocycles. The fourth-order valence-corrected chi connectivity index (χ4v) is 2.77. The molecule has 0 spiro atoms. The maximum absolute atomic E-state index is 11.6. The van der Waals surface area contributed by atoms with Gasteiger partial charge in [0, 0.05) is 6.04 Å². The molecule has 0 unspecified atom stereocenters. The third-order valence-corrected chi connectivity index (χ3v) is 3.77. The van der Waals surface area contributed by atoms with Crippen molar-refractivity contribution in [3.63, 3.8) is 0 Å². The van der Waals surface area contributed by atoms with E-state index in [1.807, 2.05) is 0 Å². The van der Waals surface area contributed by atoms with Gasteiger partial charge in [-0.3, -0.25) is 4.79 Å². The van der Waals surface area contributed by atoms with Crippen LogP contribution in [0.4, 0.5) is 0 Å². The molecule has 0 aliphatic carbocycles. The summed E-state index contributed by atoms with van der Waals surface area (Å²) >= 11 is 1.75. The molecule has 0 saturated carbocycles. The van der Waals surface area contributed by atoms with E-state index in [-0.39, 0.29) is 5.91 Å². The molecule has 1 rings (SSSR count). The van der Waals surface area contributed by atoms with Crippen LogP contribution in [0.2, 0.25) is 0 Å². The highest BCUT2D eigenvalue weighted by molar-refractivity contribution is 7.99. The van der Waals surface area contributed by atoms with E-state index in [2.05, 4.69) is 24.5 Å². The summed E-state index contributed by atoms with van der Waals surface area (Å²) < 4.78 is 0. The lowest BCUT2D eigenvalue weighted by Gasteiger charge is -2.23. The van der Waals surface area contributed by atoms with E-state index in [9.17, 15) is 4.79 Å². The normalized spacial score (nSPS) is 17.7. The van der Waals surface area contributed by atoms with Crippen LogP contribution in [0, 0.1) is 5.92 Å². The highest BCUT2D eigenvalue weighted by Gasteiger charge is 2.14. The van der Waals surface area contributed by atoms with E-state index in [0.29, 0.717) is 11.8 Å². The summed E-state index contributed by atoms with van der Waals surface area (Å²) in [6.07, 6.45) is 3.34. The standard InChI is InChI=1S/C12H24N2OS/c1-10(2)5-8-16-9-12(15)14-11-3-6-13-7-4-11/h10-11,13H,3-9H2,1-2H3,(H,14,15). The molecule has 2 N–H and O–H groups in total. The SMILES string of the molecule is CC(C)CCSCC(=O)NC1CCNCC1. The minimum Gasteiger partial charge on any atom is -0.353 e. The minimum atomic E-state index is 0.209. The minimum absolute atomic E-state index is 0.209. The van der Waals surface area contributed by atoms with Crippen molar-refractivity contribution in [1.82, 2.24) is 10.6 Å². The number of piperidine rings is 1. The van der Waals surface area contributed by atoms with Gasteiger partial charge in [0.2, 0.25) is 5.91 Å². The maximum Gasteiger partial charge on any atom is 0.230 e. The van der Waals surface area contributed by atoms with Gasteiger partial charge in [-0.1, -0.05) is 13.8 Å². The summed E-state index contributed by atoms with van der Waals surface area (Å²) in [5.74, 6) is 2.66. The Hall–Kier alpha value is -0.220. The molecule has 0 aromatic rings. The van der Waals surface area contributed by atoms with E-state index in [1.165, 1.54) is 6.42 Å². The molecule has 0 bridgehead atoms. The second-order valence-electron chi connectivity index (χ2n) is 4.83. The monoisotopic (exact) mass is 244 g/mol. The van der Waals surface area contributed by atoms with Crippen molar-refractivity contribution >= 4 is 17.7 Å². The summed E-state index contributed by atoms with van der Waals surface area (Å²) in [6, 6.07) is 0.402. The van der Waals surface area contributed by atoms with Gasteiger partial charge in [-0.15, -0.1) is 0 Å². The summed E-state index contributed by atoms with van der Waals surface area (Å²) in [5, 5.41) is 6.40. The second-order valence-corrected chi connectivity index (χ2v) is 5.93. The van der Waals surface area contributed by atoms with E-state index in [1.54, 1.807) is 11.8 Å². The van der Waals surface area contributed by atoms with Crippen LogP contribution in [0.3, 0.4) is 0 Å². The van der Waals surface area contributed by atoms with Crippen LogP contribution in [0.5, 0.6) is 0 Å². The fourth-order valence-electron chi connectivity index (χ4n) is 1.72. The van der Waals surface area contributed by atoms with Crippen LogP contribution in [0.25, 0.3) is 0 Å². The molecule has 4 heteroatoms. The lowest BCUT2D eigenvalue weighted by molar-refractivity contribution is -0.119. The predicted octanol–water partition coefficient (Wildman–Crippen LogP) is 1.63. The zero-order chi connectivity index (χ0) is 11.8. The quantitative estimate of drug-likeness (QED) is 0.698. The van der Waals surface area contributed by atoms with Gasteiger partial charge in [0.1, 0.15) is 0 Å². The Balaban J connectivity index is 2.01. The number of thioether (sulfide) groups is 1. The fraction of sp³-hybridized carbons (Fsp3) is 0.917. The zero-order valence-electron chi connectivity index (χ0n) is 10.4. The number of hydrogen-bond donors (Lipinski definition) is 2. The van der Waals surface area contributed by atoms with Gasteiger partial charge in [0.25, 0.3) is 0 Å². The first-order valence-corrected chi connectivity index (χ1v) is 7.41. The lowest BCUT2D eigenvalue weighted by Crippen LogP contribution is -2.43. The number of nitrogens with one attached hydrogen (secondary N) is 2. The average molecular weight is 244 g/mol. The number of hydrogen-bond acceptors (Lipinski definition) is 3. The van der Waals surface area contributed by atoms with Gasteiger partial charge in [-0.25, -0.2) is 0 Å². The maximum atomic E-state index is 11.6. The van der Waals surface area contributed by atoms with Crippen LogP contribution in [-0.2, 0) is 4.79 Å². The number of rotatable bonds is 6. The van der Waals surface area contributed by atoms with Crippen LogP contribution >= 0.6 is 11.8 Å². The summed E-state index contributed by atoms with van der Waals surface area (Å²) in [6.45, 7) is 6.50. The molecule has 3 nitrogen and oxygen atoms in total. The molecule has 16 heavy (non-hydrogen) atoms. The molecular weight excluding hydrogens is 220 g/mol. The molecule has 1 amide bonds. The Bertz CT molecular complexity index is 203. The Morgan fingerprint density at radius 2 is 2.12 bits per heavy atom. The lowest BCUT2D eigenvalue weighted by atomic mass is 10.1. The number of carbonyl (C=O) groups is 1. The topological polar surface area (TPSA) is 41.1 Å². The van der Waals surface area contributed by atoms with E-state index in [0.717, 1.165) is 37.6 Å². The Morgan fingerprint density at radius 3 is 2.75 bits per heavy atom. The largest absolute Gasteiger partial charge is 0.353 e. The molecule has 94 valence electrons. The van der Waals surface area contributed by atoms with Crippen molar-refractivity contribution in [2.75, 3.05) is 24.6 Å². The second kappa shape index (κ2) is 7.96. The van der Waals surface area contributed by atoms with Gasteiger partial charge in [0.15, 0.2) is 0 Å². The molecular formula is C12H24N2OS. The summed E-state index contributed by atoms with van der Waals surface area (Å²) in [4.78, 5) is 11.6. The Morgan fingerprint density at radius 1 is 1.44 bits per heavy atom. The van der Waals surface area contributed by atoms with Crippen molar-refractivity contribution in [1.29, 1.82) is 0 Å². The predicted molar refractivity (Wildman–Crippen MR) is 70.8 cm³/mol. The Labute approximate surface area is 103 Å². The van der Waals surface area contributed by atoms with Gasteiger partial charge in [-0.05, 0) is 44.0 Å². The highest BCUT2D eigenvalue weighted by Crippen LogP contribution is 2.09. The van der Waals surface area contributed by atoms with Crippen LogP contribution in [0.1, 0.15) is 33.1 Å². The Kier molecular flexibility index (Phi) is 6.88. The molecule has 0 aromatic carbocycles. The first kappa shape index (κ1) is 13.8. The number of carbonyl (C=O) groups excluding carboxylic acids is 1. The molecule has 0 aromatic heterocycles. The molecule has 0 radical (unpaired) electrons. The van der Waals surface area contributed by atoms with Gasteiger partial charge in [-0.2, -0.15) is 11.8 Å². The molecule has 1 aliphatic heterocycles. The molecule has 1 saturated heterocycles. The van der Waals surface area contributed by atoms with Crippen LogP contribution < -0.4 is 10.6 Å². The third kappa shape index (κ3) is 6.38. The van der Waals surface area contributed by atoms with Gasteiger partial charge >= 0.3 is 0 Å². The van der Waals surface area contributed by atoms with E-state index in [4.69, 9.17) is 0 Å². The van der Waals surface area contributed by atoms with Crippen molar-refractivity contribution in [2.24, 2.45) is 5.92 Å². The molecule has 1 aliphatic rings. The number of amides is 1. The van der Waals surface area contributed by atoms with Crippen molar-refractivity contribution in [2.45, 2.75) is 39.2 Å². The first-order chi connectivity index (χ1) is 7.68. The van der Waals surface area contributed by atoms with Crippen molar-refractivity contribution in [3.05, 3.63) is 0 Å². The first-order valence-electron chi connectivity index (χ1n) is 6.26. The van der Waals surface area contributed by atoms with Gasteiger partial charge < -0.3 is 10.6 Å². The van der Waals surface area contributed by atoms with E-state index < -0.39 is 0 Å². The summed E-state index contributed by atoms with van der Waals surface area (Å²) in [7, 11) is 0. The molecule has 0 atom stereocenters. The van der Waals surface area contributed by atoms with Crippen molar-refractivity contribution in [3.8, 4) is 0 Å². The molecule has 1 fully saturated rings. The highest BCUT2D eigenvalue weighted by atomic mass is 32.2. The summed E-state index contributed by atoms with van der Waals surface area (Å²) in [5.41, 5.74) is 0.